The summed E-state index contributed by atoms with van der Waals surface area (Å²) in [5, 5.41) is 3.02. The Morgan fingerprint density at radius 1 is 1.35 bits per heavy atom. The molecule has 0 radical (unpaired) electrons. The van der Waals surface area contributed by atoms with Crippen LogP contribution in [0.5, 0.6) is 11.5 Å². The van der Waals surface area contributed by atoms with Crippen molar-refractivity contribution in [2.45, 2.75) is 32.4 Å². The molecule has 1 saturated carbocycles. The zero-order valence-corrected chi connectivity index (χ0v) is 11.7. The van der Waals surface area contributed by atoms with E-state index in [1.54, 1.807) is 0 Å². The molecule has 1 aromatic carbocycles. The van der Waals surface area contributed by atoms with Crippen molar-refractivity contribution < 1.29 is 14.3 Å². The summed E-state index contributed by atoms with van der Waals surface area (Å²) in [4.78, 5) is 14.0. The van der Waals surface area contributed by atoms with Gasteiger partial charge in [0.25, 0.3) is 0 Å². The highest BCUT2D eigenvalue weighted by molar-refractivity contribution is 5.78. The lowest BCUT2D eigenvalue weighted by Crippen LogP contribution is -2.37. The second kappa shape index (κ2) is 5.71. The maximum absolute atomic E-state index is 11.8. The van der Waals surface area contributed by atoms with Gasteiger partial charge in [-0.2, -0.15) is 0 Å². The molecule has 108 valence electrons. The third kappa shape index (κ3) is 3.22. The number of likely N-dealkylation sites (N-methyl/N-ethyl adjacent to an activating group) is 1. The molecular formula is C15H20N2O3. The van der Waals surface area contributed by atoms with Gasteiger partial charge in [0.15, 0.2) is 11.5 Å². The molecular weight excluding hydrogens is 256 g/mol. The average molecular weight is 276 g/mol. The van der Waals surface area contributed by atoms with E-state index in [-0.39, 0.29) is 5.91 Å². The third-order valence-electron chi connectivity index (χ3n) is 3.60. The number of amides is 1. The van der Waals surface area contributed by atoms with Gasteiger partial charge in [0.05, 0.1) is 6.54 Å². The molecule has 0 unspecified atom stereocenters. The minimum atomic E-state index is 0.120. The number of nitrogens with one attached hydrogen (secondary N) is 1. The van der Waals surface area contributed by atoms with Crippen molar-refractivity contribution in [1.82, 2.24) is 10.2 Å². The zero-order chi connectivity index (χ0) is 13.9. The quantitative estimate of drug-likeness (QED) is 0.856. The molecule has 1 aliphatic heterocycles. The summed E-state index contributed by atoms with van der Waals surface area (Å²) in [6, 6.07) is 6.36. The Morgan fingerprint density at radius 3 is 2.90 bits per heavy atom. The summed E-state index contributed by atoms with van der Waals surface area (Å²) in [6.45, 7) is 4.39. The van der Waals surface area contributed by atoms with E-state index in [0.29, 0.717) is 19.4 Å². The molecule has 0 bridgehead atoms. The first-order valence-electron chi connectivity index (χ1n) is 7.15. The van der Waals surface area contributed by atoms with Crippen LogP contribution in [0.3, 0.4) is 0 Å². The third-order valence-corrected chi connectivity index (χ3v) is 3.60. The molecule has 0 saturated heterocycles. The van der Waals surface area contributed by atoms with Crippen molar-refractivity contribution in [3.63, 3.8) is 0 Å². The molecule has 1 heterocycles. The van der Waals surface area contributed by atoms with Gasteiger partial charge in [-0.1, -0.05) is 13.0 Å². The van der Waals surface area contributed by atoms with Crippen LogP contribution in [0.4, 0.5) is 0 Å². The summed E-state index contributed by atoms with van der Waals surface area (Å²) in [5.41, 5.74) is 1.13. The van der Waals surface area contributed by atoms with E-state index in [1.807, 2.05) is 18.2 Å². The molecule has 1 aromatic rings. The normalized spacial score (nSPS) is 16.5. The van der Waals surface area contributed by atoms with Gasteiger partial charge in [-0.25, -0.2) is 0 Å². The van der Waals surface area contributed by atoms with Crippen LogP contribution in [0.15, 0.2) is 18.2 Å². The van der Waals surface area contributed by atoms with Gasteiger partial charge in [-0.15, -0.1) is 0 Å². The maximum Gasteiger partial charge on any atom is 0.234 e. The van der Waals surface area contributed by atoms with E-state index < -0.39 is 0 Å². The van der Waals surface area contributed by atoms with Crippen LogP contribution < -0.4 is 14.8 Å². The molecule has 1 N–H and O–H groups in total. The Bertz CT molecular complexity index is 500. The summed E-state index contributed by atoms with van der Waals surface area (Å²) in [7, 11) is 0. The van der Waals surface area contributed by atoms with E-state index in [0.717, 1.165) is 43.0 Å². The fraction of sp³-hybridized carbons (Fsp3) is 0.533. The van der Waals surface area contributed by atoms with Crippen molar-refractivity contribution in [3.8, 4) is 11.5 Å². The molecule has 1 fully saturated rings. The lowest BCUT2D eigenvalue weighted by atomic mass is 10.2. The van der Waals surface area contributed by atoms with Crippen molar-refractivity contribution in [1.29, 1.82) is 0 Å². The fourth-order valence-corrected chi connectivity index (χ4v) is 2.28. The highest BCUT2D eigenvalue weighted by Gasteiger charge is 2.24. The molecule has 0 aromatic heterocycles. The second-order valence-electron chi connectivity index (χ2n) is 5.33. The van der Waals surface area contributed by atoms with Crippen LogP contribution in [0.25, 0.3) is 0 Å². The lowest BCUT2D eigenvalue weighted by molar-refractivity contribution is -0.122. The van der Waals surface area contributed by atoms with Gasteiger partial charge < -0.3 is 14.8 Å². The van der Waals surface area contributed by atoms with Gasteiger partial charge >= 0.3 is 0 Å². The summed E-state index contributed by atoms with van der Waals surface area (Å²) < 4.78 is 10.7. The molecule has 0 spiro atoms. The highest BCUT2D eigenvalue weighted by atomic mass is 16.7. The van der Waals surface area contributed by atoms with Gasteiger partial charge in [0, 0.05) is 12.6 Å². The summed E-state index contributed by atoms with van der Waals surface area (Å²) in [5.74, 6) is 1.71. The first-order chi connectivity index (χ1) is 9.74. The van der Waals surface area contributed by atoms with Crippen molar-refractivity contribution >= 4 is 5.91 Å². The number of benzene rings is 1. The molecule has 5 heteroatoms. The number of ether oxygens (including phenoxy) is 2. The Hall–Kier alpha value is -1.75. The van der Waals surface area contributed by atoms with Gasteiger partial charge in [-0.05, 0) is 37.1 Å². The monoisotopic (exact) mass is 276 g/mol. The first kappa shape index (κ1) is 13.2. The Morgan fingerprint density at radius 2 is 2.15 bits per heavy atom. The lowest BCUT2D eigenvalue weighted by Gasteiger charge is -2.20. The van der Waals surface area contributed by atoms with Crippen LogP contribution in [0.2, 0.25) is 0 Å². The van der Waals surface area contributed by atoms with E-state index in [2.05, 4.69) is 17.1 Å². The summed E-state index contributed by atoms with van der Waals surface area (Å²) in [6.07, 6.45) is 2.25. The molecule has 5 nitrogen and oxygen atoms in total. The molecule has 20 heavy (non-hydrogen) atoms. The van der Waals surface area contributed by atoms with E-state index in [4.69, 9.17) is 9.47 Å². The predicted octanol–water partition coefficient (Wildman–Crippen LogP) is 1.52. The molecule has 0 atom stereocenters. The average Bonchev–Trinajstić information content (AvgIpc) is 3.12. The van der Waals surface area contributed by atoms with Crippen molar-refractivity contribution in [3.05, 3.63) is 23.8 Å². The number of fused-ring (bicyclic) bond motifs is 1. The van der Waals surface area contributed by atoms with E-state index >= 15 is 0 Å². The summed E-state index contributed by atoms with van der Waals surface area (Å²) >= 11 is 0. The van der Waals surface area contributed by atoms with Gasteiger partial charge in [-0.3, -0.25) is 9.69 Å². The van der Waals surface area contributed by atoms with Crippen molar-refractivity contribution in [2.24, 2.45) is 0 Å². The number of carbonyl (C=O) groups excluding carboxylic acids is 1. The number of nitrogens with zero attached hydrogens (tertiary/aromatic N) is 1. The van der Waals surface area contributed by atoms with Gasteiger partial charge in [0.2, 0.25) is 12.7 Å². The SMILES string of the molecule is CCN(CC(=O)NC1CC1)Cc1ccc2c(c1)OCO2. The Labute approximate surface area is 118 Å². The van der Waals surface area contributed by atoms with Crippen molar-refractivity contribution in [2.75, 3.05) is 19.9 Å². The molecule has 2 aliphatic rings. The number of rotatable bonds is 6. The van der Waals surface area contributed by atoms with Crippen LogP contribution in [-0.2, 0) is 11.3 Å². The smallest absolute Gasteiger partial charge is 0.234 e. The molecule has 1 amide bonds. The number of carbonyl (C=O) groups is 1. The molecule has 3 rings (SSSR count). The fourth-order valence-electron chi connectivity index (χ4n) is 2.28. The minimum Gasteiger partial charge on any atom is -0.454 e. The van der Waals surface area contributed by atoms with E-state index in [1.165, 1.54) is 0 Å². The van der Waals surface area contributed by atoms with Crippen LogP contribution in [-0.4, -0.2) is 36.7 Å². The number of hydrogen-bond acceptors (Lipinski definition) is 4. The largest absolute Gasteiger partial charge is 0.454 e. The second-order valence-corrected chi connectivity index (χ2v) is 5.33. The predicted molar refractivity (Wildman–Crippen MR) is 74.7 cm³/mol. The van der Waals surface area contributed by atoms with Crippen LogP contribution in [0.1, 0.15) is 25.3 Å². The Kier molecular flexibility index (Phi) is 3.78. The Balaban J connectivity index is 1.57. The van der Waals surface area contributed by atoms with Gasteiger partial charge in [0.1, 0.15) is 0 Å². The number of hydrogen-bond donors (Lipinski definition) is 1. The minimum absolute atomic E-state index is 0.120. The highest BCUT2D eigenvalue weighted by Crippen LogP contribution is 2.32. The van der Waals surface area contributed by atoms with E-state index in [9.17, 15) is 4.79 Å². The topological polar surface area (TPSA) is 50.8 Å². The van der Waals surface area contributed by atoms with Crippen LogP contribution >= 0.6 is 0 Å². The first-order valence-corrected chi connectivity index (χ1v) is 7.15. The maximum atomic E-state index is 11.8. The standard InChI is InChI=1S/C15H20N2O3/c1-2-17(9-15(18)16-12-4-5-12)8-11-3-6-13-14(7-11)20-10-19-13/h3,6-7,12H,2,4-5,8-10H2,1H3,(H,16,18). The zero-order valence-electron chi connectivity index (χ0n) is 11.7. The molecule has 1 aliphatic carbocycles. The van der Waals surface area contributed by atoms with Crippen LogP contribution in [0, 0.1) is 0 Å².